The highest BCUT2D eigenvalue weighted by molar-refractivity contribution is 5.83. The van der Waals surface area contributed by atoms with Crippen LogP contribution in [0.3, 0.4) is 0 Å². The second-order valence-electron chi connectivity index (χ2n) is 23.2. The predicted octanol–water partition coefficient (Wildman–Crippen LogP) is 17.0. The zero-order chi connectivity index (χ0) is 49.0. The highest BCUT2D eigenvalue weighted by atomic mass is 15.0. The summed E-state index contributed by atoms with van der Waals surface area (Å²) in [6.07, 6.45) is 16.9. The molecule has 0 amide bonds. The standard InChI is InChI=1S/C67H65N5/c1-43-27-48-28-44(2)37-66(36-43,40-48)61-19-15-50(16-20-61)54-7-5-9-56(31-54)59-33-58(51-13-11-47(42-68)12-14-51)34-60(35-59)65-71-63(70-64(72-65)57-10-6-8-55(32-57)52-23-25-69-26-24-52)53-17-21-62(22-18-53)67-38-45(3)29-49(41-67)30-46(4)39-67/h5-26,31-35,43-46,48-49H,27-30,36-41H2,1-4H3/t43-,44+,45-,46+,48?,49?,66?,67?. The van der Waals surface area contributed by atoms with Crippen LogP contribution in [0.2, 0.25) is 0 Å². The molecule has 0 aliphatic heterocycles. The molecule has 4 bridgehead atoms. The van der Waals surface area contributed by atoms with Crippen molar-refractivity contribution < 1.29 is 0 Å². The molecule has 4 unspecified atom stereocenters. The first-order valence-corrected chi connectivity index (χ1v) is 26.8. The van der Waals surface area contributed by atoms with Crippen LogP contribution in [0.1, 0.15) is 109 Å². The number of hydrogen-bond acceptors (Lipinski definition) is 5. The van der Waals surface area contributed by atoms with Crippen LogP contribution >= 0.6 is 0 Å². The molecular weight excluding hydrogens is 875 g/mol. The van der Waals surface area contributed by atoms with E-state index < -0.39 is 0 Å². The summed E-state index contributed by atoms with van der Waals surface area (Å²) in [6.45, 7) is 9.86. The van der Waals surface area contributed by atoms with Crippen molar-refractivity contribution in [2.45, 2.75) is 103 Å². The van der Waals surface area contributed by atoms with E-state index in [2.05, 4.69) is 154 Å². The zero-order valence-electron chi connectivity index (χ0n) is 42.4. The molecule has 0 spiro atoms. The van der Waals surface area contributed by atoms with Gasteiger partial charge in [-0.25, -0.2) is 15.0 Å². The molecule has 4 fully saturated rings. The third-order valence-electron chi connectivity index (χ3n) is 17.3. The maximum Gasteiger partial charge on any atom is 0.164 e. The minimum absolute atomic E-state index is 0.232. The average Bonchev–Trinajstić information content (AvgIpc) is 3.40. The Labute approximate surface area is 426 Å². The maximum absolute atomic E-state index is 9.73. The van der Waals surface area contributed by atoms with Crippen LogP contribution in [-0.4, -0.2) is 19.9 Å². The molecular formula is C67H65N5. The van der Waals surface area contributed by atoms with E-state index in [-0.39, 0.29) is 5.41 Å². The van der Waals surface area contributed by atoms with Gasteiger partial charge in [0.25, 0.3) is 0 Å². The molecule has 4 aliphatic carbocycles. The zero-order valence-corrected chi connectivity index (χ0v) is 42.4. The fourth-order valence-electron chi connectivity index (χ4n) is 15.0. The Bertz CT molecular complexity index is 3260. The lowest BCUT2D eigenvalue weighted by Crippen LogP contribution is -2.42. The molecule has 5 nitrogen and oxygen atoms in total. The van der Waals surface area contributed by atoms with E-state index in [1.165, 1.54) is 86.5 Å². The SMILES string of the molecule is C[C@@H]1CC2C[C@H](C)CC(c3ccc(-c4cccc(-c5cc(-c6ccc(C#N)cc6)cc(-c6nc(-c7ccc(C89CC(C[C@@H](C)C8)C[C@H](C)C9)cc7)nc(-c7cccc(-c8ccncc8)c7)n6)c5)c4)cc3)(C2)C1. The highest BCUT2D eigenvalue weighted by Crippen LogP contribution is 2.55. The summed E-state index contributed by atoms with van der Waals surface area (Å²) in [5, 5.41) is 9.73. The van der Waals surface area contributed by atoms with Crippen molar-refractivity contribution in [2.75, 3.05) is 0 Å². The van der Waals surface area contributed by atoms with E-state index in [0.29, 0.717) is 28.5 Å². The predicted molar refractivity (Wildman–Crippen MR) is 294 cm³/mol. The average molecular weight is 940 g/mol. The first-order valence-electron chi connectivity index (χ1n) is 26.8. The lowest BCUT2D eigenvalue weighted by molar-refractivity contribution is 0.0779. The van der Waals surface area contributed by atoms with Crippen LogP contribution in [0.5, 0.6) is 0 Å². The topological polar surface area (TPSA) is 75.3 Å². The molecule has 5 heteroatoms. The molecule has 8 aromatic rings. The van der Waals surface area contributed by atoms with Crippen LogP contribution in [0.15, 0.2) is 164 Å². The van der Waals surface area contributed by atoms with Gasteiger partial charge in [-0.3, -0.25) is 4.98 Å². The van der Waals surface area contributed by atoms with Gasteiger partial charge in [0, 0.05) is 29.1 Å². The first kappa shape index (κ1) is 46.1. The molecule has 8 atom stereocenters. The normalized spacial score (nSPS) is 25.6. The van der Waals surface area contributed by atoms with Crippen LogP contribution in [0.4, 0.5) is 0 Å². The fraction of sp³-hybridized carbons (Fsp3) is 0.328. The highest BCUT2D eigenvalue weighted by Gasteiger charge is 2.46. The van der Waals surface area contributed by atoms with Gasteiger partial charge in [-0.15, -0.1) is 0 Å². The van der Waals surface area contributed by atoms with Crippen LogP contribution in [-0.2, 0) is 10.8 Å². The summed E-state index contributed by atoms with van der Waals surface area (Å²) < 4.78 is 0. The minimum Gasteiger partial charge on any atom is -0.265 e. The molecule has 12 rings (SSSR count). The molecule has 2 heterocycles. The number of benzene rings is 6. The molecule has 6 aromatic carbocycles. The number of fused-ring (bicyclic) bond motifs is 4. The van der Waals surface area contributed by atoms with Crippen molar-refractivity contribution in [1.82, 2.24) is 19.9 Å². The first-order chi connectivity index (χ1) is 35.1. The Morgan fingerprint density at radius 3 is 1.25 bits per heavy atom. The van der Waals surface area contributed by atoms with Gasteiger partial charge in [-0.1, -0.05) is 125 Å². The number of aromatic nitrogens is 4. The fourth-order valence-corrected chi connectivity index (χ4v) is 15.0. The second kappa shape index (κ2) is 18.9. The van der Waals surface area contributed by atoms with Crippen molar-refractivity contribution in [3.05, 3.63) is 181 Å². The van der Waals surface area contributed by atoms with Gasteiger partial charge >= 0.3 is 0 Å². The smallest absolute Gasteiger partial charge is 0.164 e. The third kappa shape index (κ3) is 9.11. The van der Waals surface area contributed by atoms with Gasteiger partial charge in [0.05, 0.1) is 11.6 Å². The van der Waals surface area contributed by atoms with Gasteiger partial charge in [0.1, 0.15) is 0 Å². The molecule has 4 aliphatic rings. The number of hydrogen-bond donors (Lipinski definition) is 0. The van der Waals surface area contributed by atoms with E-state index in [0.717, 1.165) is 85.6 Å². The van der Waals surface area contributed by atoms with E-state index in [1.807, 2.05) is 48.8 Å². The molecule has 4 saturated carbocycles. The second-order valence-corrected chi connectivity index (χ2v) is 23.2. The van der Waals surface area contributed by atoms with E-state index >= 15 is 0 Å². The number of nitrogens with zero attached hydrogens (tertiary/aromatic N) is 5. The summed E-state index contributed by atoms with van der Waals surface area (Å²) in [7, 11) is 0. The number of pyridine rings is 1. The Morgan fingerprint density at radius 1 is 0.375 bits per heavy atom. The van der Waals surface area contributed by atoms with Crippen LogP contribution in [0, 0.1) is 46.8 Å². The van der Waals surface area contributed by atoms with Crippen molar-refractivity contribution in [3.63, 3.8) is 0 Å². The third-order valence-corrected chi connectivity index (χ3v) is 17.3. The Kier molecular flexibility index (Phi) is 12.1. The van der Waals surface area contributed by atoms with Gasteiger partial charge in [0.2, 0.25) is 0 Å². The molecule has 2 aromatic heterocycles. The van der Waals surface area contributed by atoms with Crippen molar-refractivity contribution >= 4 is 0 Å². The summed E-state index contributed by atoms with van der Waals surface area (Å²) in [6, 6.07) is 57.3. The largest absolute Gasteiger partial charge is 0.265 e. The molecule has 358 valence electrons. The summed E-state index contributed by atoms with van der Waals surface area (Å²) >= 11 is 0. The lowest BCUT2D eigenvalue weighted by atomic mass is 9.54. The van der Waals surface area contributed by atoms with Gasteiger partial charge < -0.3 is 0 Å². The van der Waals surface area contributed by atoms with Crippen LogP contribution in [0.25, 0.3) is 78.7 Å². The van der Waals surface area contributed by atoms with Crippen molar-refractivity contribution in [1.29, 1.82) is 5.26 Å². The van der Waals surface area contributed by atoms with Gasteiger partial charge in [-0.2, -0.15) is 5.26 Å². The number of rotatable bonds is 9. The van der Waals surface area contributed by atoms with E-state index in [1.54, 1.807) is 0 Å². The van der Waals surface area contributed by atoms with Gasteiger partial charge in [0.15, 0.2) is 17.5 Å². The molecule has 72 heavy (non-hydrogen) atoms. The Balaban J connectivity index is 0.959. The molecule has 0 saturated heterocycles. The monoisotopic (exact) mass is 940 g/mol. The Hall–Kier alpha value is -7.03. The molecule has 0 radical (unpaired) electrons. The summed E-state index contributed by atoms with van der Waals surface area (Å²) in [5.74, 6) is 6.58. The van der Waals surface area contributed by atoms with Crippen molar-refractivity contribution in [3.8, 4) is 84.7 Å². The van der Waals surface area contributed by atoms with E-state index in [4.69, 9.17) is 15.0 Å². The minimum atomic E-state index is 0.232. The molecule has 0 N–H and O–H groups in total. The van der Waals surface area contributed by atoms with Gasteiger partial charge in [-0.05, 0) is 221 Å². The Morgan fingerprint density at radius 2 is 0.736 bits per heavy atom. The lowest BCUT2D eigenvalue weighted by Gasteiger charge is -2.50. The number of nitriles is 1. The summed E-state index contributed by atoms with van der Waals surface area (Å²) in [5.41, 5.74) is 15.7. The summed E-state index contributed by atoms with van der Waals surface area (Å²) in [4.78, 5) is 20.3. The van der Waals surface area contributed by atoms with E-state index in [9.17, 15) is 5.26 Å². The quantitative estimate of drug-likeness (QED) is 0.144. The maximum atomic E-state index is 9.73. The van der Waals surface area contributed by atoms with Crippen molar-refractivity contribution in [2.24, 2.45) is 35.5 Å². The van der Waals surface area contributed by atoms with Crippen LogP contribution < -0.4 is 0 Å².